The molecule has 0 atom stereocenters. The SMILES string of the molecule is Cc1ccc(S(=O)(=O)N2CCC(Cn3ccnc3-c3ccccc3)CC2)s1. The molecule has 142 valence electrons. The minimum absolute atomic E-state index is 0.457. The highest BCUT2D eigenvalue weighted by molar-refractivity contribution is 7.91. The molecular formula is C20H23N3O2S2. The second-order valence-corrected chi connectivity index (χ2v) is 10.4. The molecule has 3 aromatic rings. The first kappa shape index (κ1) is 18.4. The number of nitrogens with zero attached hydrogens (tertiary/aromatic N) is 3. The number of hydrogen-bond donors (Lipinski definition) is 0. The Bertz CT molecular complexity index is 1000. The first-order valence-electron chi connectivity index (χ1n) is 9.17. The van der Waals surface area contributed by atoms with Gasteiger partial charge in [-0.2, -0.15) is 4.31 Å². The van der Waals surface area contributed by atoms with Crippen LogP contribution in [0, 0.1) is 12.8 Å². The number of sulfonamides is 1. The zero-order valence-corrected chi connectivity index (χ0v) is 16.9. The fraction of sp³-hybridized carbons (Fsp3) is 0.350. The smallest absolute Gasteiger partial charge is 0.252 e. The second kappa shape index (κ2) is 7.58. The Balaban J connectivity index is 1.42. The highest BCUT2D eigenvalue weighted by Gasteiger charge is 2.30. The van der Waals surface area contributed by atoms with Gasteiger partial charge in [-0.3, -0.25) is 0 Å². The van der Waals surface area contributed by atoms with Crippen LogP contribution in [-0.2, 0) is 16.6 Å². The summed E-state index contributed by atoms with van der Waals surface area (Å²) in [6.07, 6.45) is 5.59. The van der Waals surface area contributed by atoms with Gasteiger partial charge in [0.25, 0.3) is 10.0 Å². The Morgan fingerprint density at radius 1 is 1.11 bits per heavy atom. The molecule has 0 unspecified atom stereocenters. The molecule has 0 aliphatic carbocycles. The van der Waals surface area contributed by atoms with Crippen LogP contribution >= 0.6 is 11.3 Å². The molecule has 3 heterocycles. The molecule has 2 aromatic heterocycles. The summed E-state index contributed by atoms with van der Waals surface area (Å²) in [5, 5.41) is 0. The van der Waals surface area contributed by atoms with Gasteiger partial charge >= 0.3 is 0 Å². The number of hydrogen-bond acceptors (Lipinski definition) is 4. The van der Waals surface area contributed by atoms with Crippen LogP contribution < -0.4 is 0 Å². The Morgan fingerprint density at radius 3 is 2.52 bits per heavy atom. The van der Waals surface area contributed by atoms with E-state index in [0.717, 1.165) is 35.7 Å². The minimum atomic E-state index is -3.35. The van der Waals surface area contributed by atoms with Gasteiger partial charge in [0, 0.05) is 42.5 Å². The van der Waals surface area contributed by atoms with E-state index < -0.39 is 10.0 Å². The van der Waals surface area contributed by atoms with Crippen LogP contribution in [0.3, 0.4) is 0 Å². The highest BCUT2D eigenvalue weighted by Crippen LogP contribution is 2.29. The fourth-order valence-electron chi connectivity index (χ4n) is 3.59. The van der Waals surface area contributed by atoms with Crippen LogP contribution in [0.25, 0.3) is 11.4 Å². The summed E-state index contributed by atoms with van der Waals surface area (Å²) < 4.78 is 29.9. The third kappa shape index (κ3) is 3.85. The standard InChI is InChI=1S/C20H23N3O2S2/c1-16-7-8-19(26-16)27(24,25)23-12-9-17(10-13-23)15-22-14-11-21-20(22)18-5-3-2-4-6-18/h2-8,11,14,17H,9-10,12-13,15H2,1H3. The first-order chi connectivity index (χ1) is 13.0. The van der Waals surface area contributed by atoms with E-state index in [0.29, 0.717) is 23.2 Å². The van der Waals surface area contributed by atoms with Crippen LogP contribution in [0.2, 0.25) is 0 Å². The van der Waals surface area contributed by atoms with Crippen LogP contribution in [0.15, 0.2) is 59.1 Å². The number of benzene rings is 1. The monoisotopic (exact) mass is 401 g/mol. The molecule has 7 heteroatoms. The molecule has 0 radical (unpaired) electrons. The maximum Gasteiger partial charge on any atom is 0.252 e. The molecule has 27 heavy (non-hydrogen) atoms. The number of aryl methyl sites for hydroxylation is 1. The van der Waals surface area contributed by atoms with Crippen LogP contribution in [-0.4, -0.2) is 35.4 Å². The van der Waals surface area contributed by atoms with Crippen molar-refractivity contribution in [1.82, 2.24) is 13.9 Å². The molecule has 1 fully saturated rings. The van der Waals surface area contributed by atoms with Crippen molar-refractivity contribution in [3.63, 3.8) is 0 Å². The van der Waals surface area contributed by atoms with Crippen LogP contribution in [0.1, 0.15) is 17.7 Å². The lowest BCUT2D eigenvalue weighted by atomic mass is 9.98. The molecule has 0 N–H and O–H groups in total. The molecule has 1 saturated heterocycles. The quantitative estimate of drug-likeness (QED) is 0.649. The predicted molar refractivity (Wildman–Crippen MR) is 108 cm³/mol. The zero-order chi connectivity index (χ0) is 18.9. The van der Waals surface area contributed by atoms with Crippen molar-refractivity contribution in [3.8, 4) is 11.4 Å². The lowest BCUT2D eigenvalue weighted by molar-refractivity contribution is 0.254. The lowest BCUT2D eigenvalue weighted by Crippen LogP contribution is -2.39. The van der Waals surface area contributed by atoms with E-state index in [4.69, 9.17) is 0 Å². The topological polar surface area (TPSA) is 55.2 Å². The van der Waals surface area contributed by atoms with E-state index in [1.54, 1.807) is 10.4 Å². The molecule has 1 aromatic carbocycles. The van der Waals surface area contributed by atoms with Crippen LogP contribution in [0.4, 0.5) is 0 Å². The van der Waals surface area contributed by atoms with Gasteiger partial charge in [0.05, 0.1) is 0 Å². The van der Waals surface area contributed by atoms with E-state index in [-0.39, 0.29) is 0 Å². The van der Waals surface area contributed by atoms with E-state index in [1.807, 2.05) is 43.6 Å². The summed E-state index contributed by atoms with van der Waals surface area (Å²) in [6.45, 7) is 3.97. The van der Waals surface area contributed by atoms with Crippen molar-refractivity contribution in [3.05, 3.63) is 59.7 Å². The van der Waals surface area contributed by atoms with Crippen molar-refractivity contribution < 1.29 is 8.42 Å². The van der Waals surface area contributed by atoms with Gasteiger partial charge < -0.3 is 4.57 Å². The maximum atomic E-state index is 12.8. The summed E-state index contributed by atoms with van der Waals surface area (Å²) in [5.74, 6) is 1.43. The number of piperidine rings is 1. The van der Waals surface area contributed by atoms with Gasteiger partial charge in [0.15, 0.2) is 0 Å². The lowest BCUT2D eigenvalue weighted by Gasteiger charge is -2.31. The van der Waals surface area contributed by atoms with Crippen molar-refractivity contribution in [2.24, 2.45) is 5.92 Å². The fourth-order valence-corrected chi connectivity index (χ4v) is 6.50. The van der Waals surface area contributed by atoms with Crippen molar-refractivity contribution in [2.45, 2.75) is 30.5 Å². The summed E-state index contributed by atoms with van der Waals surface area (Å²) in [6, 6.07) is 13.8. The van der Waals surface area contributed by atoms with Gasteiger partial charge in [-0.15, -0.1) is 11.3 Å². The summed E-state index contributed by atoms with van der Waals surface area (Å²) >= 11 is 1.35. The summed E-state index contributed by atoms with van der Waals surface area (Å²) in [4.78, 5) is 5.53. The van der Waals surface area contributed by atoms with E-state index in [9.17, 15) is 8.42 Å². The molecular weight excluding hydrogens is 378 g/mol. The van der Waals surface area contributed by atoms with Gasteiger partial charge in [0.2, 0.25) is 0 Å². The van der Waals surface area contributed by atoms with E-state index >= 15 is 0 Å². The van der Waals surface area contributed by atoms with Crippen molar-refractivity contribution in [1.29, 1.82) is 0 Å². The van der Waals surface area contributed by atoms with Gasteiger partial charge in [-0.05, 0) is 37.8 Å². The molecule has 0 saturated carbocycles. The minimum Gasteiger partial charge on any atom is -0.331 e. The number of imidazole rings is 1. The molecule has 1 aliphatic heterocycles. The summed E-state index contributed by atoms with van der Waals surface area (Å²) in [5.41, 5.74) is 1.11. The van der Waals surface area contributed by atoms with Gasteiger partial charge in [-0.1, -0.05) is 30.3 Å². The Labute approximate surface area is 164 Å². The second-order valence-electron chi connectivity index (χ2n) is 6.98. The number of thiophene rings is 1. The first-order valence-corrected chi connectivity index (χ1v) is 11.4. The third-order valence-corrected chi connectivity index (χ3v) is 8.45. The maximum absolute atomic E-state index is 12.8. The van der Waals surface area contributed by atoms with Gasteiger partial charge in [-0.25, -0.2) is 13.4 Å². The normalized spacial score (nSPS) is 16.6. The Hall–Kier alpha value is -1.96. The molecule has 4 rings (SSSR count). The van der Waals surface area contributed by atoms with Gasteiger partial charge in [0.1, 0.15) is 10.0 Å². The molecule has 0 spiro atoms. The predicted octanol–water partition coefficient (Wildman–Crippen LogP) is 4.02. The highest BCUT2D eigenvalue weighted by atomic mass is 32.2. The summed E-state index contributed by atoms with van der Waals surface area (Å²) in [7, 11) is -3.35. The van der Waals surface area contributed by atoms with Crippen molar-refractivity contribution in [2.75, 3.05) is 13.1 Å². The Kier molecular flexibility index (Phi) is 5.16. The van der Waals surface area contributed by atoms with E-state index in [2.05, 4.69) is 21.7 Å². The average molecular weight is 402 g/mol. The zero-order valence-electron chi connectivity index (χ0n) is 15.3. The molecule has 0 amide bonds. The molecule has 0 bridgehead atoms. The number of rotatable bonds is 5. The third-order valence-electron chi connectivity index (χ3n) is 5.09. The average Bonchev–Trinajstić information content (AvgIpc) is 3.32. The van der Waals surface area contributed by atoms with Crippen molar-refractivity contribution >= 4 is 21.4 Å². The number of aromatic nitrogens is 2. The van der Waals surface area contributed by atoms with E-state index in [1.165, 1.54) is 11.3 Å². The molecule has 5 nitrogen and oxygen atoms in total. The Morgan fingerprint density at radius 2 is 1.85 bits per heavy atom. The largest absolute Gasteiger partial charge is 0.331 e. The molecule has 1 aliphatic rings. The van der Waals surface area contributed by atoms with Crippen LogP contribution in [0.5, 0.6) is 0 Å².